The molecule has 120 valence electrons. The van der Waals surface area contributed by atoms with Crippen LogP contribution >= 0.6 is 0 Å². The lowest BCUT2D eigenvalue weighted by molar-refractivity contribution is 0.0570. The standard InChI is InChI=1S/C17H25N3O2/c1-22-13-14-5-4-10-20(12-14)17(21)15-6-7-16(18-11-15)19-8-2-3-9-19/h6-7,11,14H,2-5,8-10,12-13H2,1H3. The number of hydrogen-bond acceptors (Lipinski definition) is 4. The molecule has 2 aliphatic heterocycles. The second-order valence-corrected chi connectivity index (χ2v) is 6.31. The molecule has 0 aromatic carbocycles. The first-order valence-electron chi connectivity index (χ1n) is 8.27. The molecule has 2 fully saturated rings. The molecule has 2 aliphatic rings. The summed E-state index contributed by atoms with van der Waals surface area (Å²) in [6.07, 6.45) is 6.40. The maximum atomic E-state index is 12.6. The fourth-order valence-electron chi connectivity index (χ4n) is 3.45. The number of amides is 1. The molecule has 5 nitrogen and oxygen atoms in total. The van der Waals surface area contributed by atoms with E-state index >= 15 is 0 Å². The van der Waals surface area contributed by atoms with E-state index in [1.54, 1.807) is 13.3 Å². The SMILES string of the molecule is COCC1CCCN(C(=O)c2ccc(N3CCCC3)nc2)C1. The van der Waals surface area contributed by atoms with Gasteiger partial charge in [0.2, 0.25) is 0 Å². The Labute approximate surface area is 132 Å². The van der Waals surface area contributed by atoms with E-state index in [0.717, 1.165) is 51.4 Å². The lowest BCUT2D eigenvalue weighted by atomic mass is 9.98. The van der Waals surface area contributed by atoms with Crippen molar-refractivity contribution in [3.8, 4) is 0 Å². The molecular weight excluding hydrogens is 278 g/mol. The van der Waals surface area contributed by atoms with Crippen LogP contribution in [0.1, 0.15) is 36.0 Å². The fourth-order valence-corrected chi connectivity index (χ4v) is 3.45. The molecule has 1 aromatic rings. The number of anilines is 1. The number of ether oxygens (including phenoxy) is 1. The Morgan fingerprint density at radius 2 is 2.09 bits per heavy atom. The smallest absolute Gasteiger partial charge is 0.255 e. The van der Waals surface area contributed by atoms with Crippen molar-refractivity contribution in [2.75, 3.05) is 44.8 Å². The largest absolute Gasteiger partial charge is 0.384 e. The van der Waals surface area contributed by atoms with E-state index in [1.165, 1.54) is 12.8 Å². The van der Waals surface area contributed by atoms with Gasteiger partial charge in [-0.25, -0.2) is 4.98 Å². The lowest BCUT2D eigenvalue weighted by Gasteiger charge is -2.32. The number of likely N-dealkylation sites (tertiary alicyclic amines) is 1. The monoisotopic (exact) mass is 303 g/mol. The Balaban J connectivity index is 1.64. The van der Waals surface area contributed by atoms with E-state index < -0.39 is 0 Å². The van der Waals surface area contributed by atoms with Gasteiger partial charge in [0.25, 0.3) is 5.91 Å². The molecule has 0 saturated carbocycles. The Bertz CT molecular complexity index is 495. The normalized spacial score (nSPS) is 22.1. The van der Waals surface area contributed by atoms with Gasteiger partial charge >= 0.3 is 0 Å². The second-order valence-electron chi connectivity index (χ2n) is 6.31. The summed E-state index contributed by atoms with van der Waals surface area (Å²) in [4.78, 5) is 21.3. The summed E-state index contributed by atoms with van der Waals surface area (Å²) in [5.74, 6) is 1.55. The lowest BCUT2D eigenvalue weighted by Crippen LogP contribution is -2.41. The molecule has 5 heteroatoms. The molecule has 0 radical (unpaired) electrons. The van der Waals surface area contributed by atoms with Gasteiger partial charge in [-0.15, -0.1) is 0 Å². The van der Waals surface area contributed by atoms with Gasteiger partial charge < -0.3 is 14.5 Å². The zero-order chi connectivity index (χ0) is 15.4. The van der Waals surface area contributed by atoms with Crippen molar-refractivity contribution in [2.24, 2.45) is 5.92 Å². The molecule has 1 unspecified atom stereocenters. The number of carbonyl (C=O) groups excluding carboxylic acids is 1. The summed E-state index contributed by atoms with van der Waals surface area (Å²) in [6, 6.07) is 3.90. The number of rotatable bonds is 4. The first-order chi connectivity index (χ1) is 10.8. The van der Waals surface area contributed by atoms with Crippen LogP contribution in [0, 0.1) is 5.92 Å². The maximum absolute atomic E-state index is 12.6. The van der Waals surface area contributed by atoms with Crippen LogP contribution in [0.5, 0.6) is 0 Å². The first-order valence-corrected chi connectivity index (χ1v) is 8.27. The molecule has 0 aliphatic carbocycles. The number of aromatic nitrogens is 1. The van der Waals surface area contributed by atoms with E-state index in [-0.39, 0.29) is 5.91 Å². The summed E-state index contributed by atoms with van der Waals surface area (Å²) in [5, 5.41) is 0. The van der Waals surface area contributed by atoms with Crippen molar-refractivity contribution in [3.05, 3.63) is 23.9 Å². The highest BCUT2D eigenvalue weighted by Crippen LogP contribution is 2.21. The highest BCUT2D eigenvalue weighted by molar-refractivity contribution is 5.94. The Morgan fingerprint density at radius 3 is 2.77 bits per heavy atom. The maximum Gasteiger partial charge on any atom is 0.255 e. The molecule has 1 atom stereocenters. The molecule has 3 rings (SSSR count). The molecule has 0 N–H and O–H groups in total. The number of pyridine rings is 1. The van der Waals surface area contributed by atoms with Gasteiger partial charge in [-0.05, 0) is 43.7 Å². The van der Waals surface area contributed by atoms with Crippen LogP contribution in [0.3, 0.4) is 0 Å². The first kappa shape index (κ1) is 15.3. The van der Waals surface area contributed by atoms with E-state index in [0.29, 0.717) is 11.5 Å². The van der Waals surface area contributed by atoms with Crippen LogP contribution in [-0.2, 0) is 4.74 Å². The second kappa shape index (κ2) is 7.09. The highest BCUT2D eigenvalue weighted by atomic mass is 16.5. The average molecular weight is 303 g/mol. The Hall–Kier alpha value is -1.62. The van der Waals surface area contributed by atoms with Crippen LogP contribution in [-0.4, -0.2) is 55.7 Å². The minimum atomic E-state index is 0.0984. The Morgan fingerprint density at radius 1 is 1.27 bits per heavy atom. The van der Waals surface area contributed by atoms with Crippen LogP contribution in [0.25, 0.3) is 0 Å². The van der Waals surface area contributed by atoms with Gasteiger partial charge in [-0.2, -0.15) is 0 Å². The van der Waals surface area contributed by atoms with Crippen molar-refractivity contribution in [1.29, 1.82) is 0 Å². The van der Waals surface area contributed by atoms with Crippen LogP contribution < -0.4 is 4.90 Å². The molecule has 1 amide bonds. The van der Waals surface area contributed by atoms with E-state index in [9.17, 15) is 4.79 Å². The summed E-state index contributed by atoms with van der Waals surface area (Å²) < 4.78 is 5.23. The molecule has 0 spiro atoms. The average Bonchev–Trinajstić information content (AvgIpc) is 3.09. The van der Waals surface area contributed by atoms with Crippen LogP contribution in [0.4, 0.5) is 5.82 Å². The molecular formula is C17H25N3O2. The fraction of sp³-hybridized carbons (Fsp3) is 0.647. The molecule has 0 bridgehead atoms. The summed E-state index contributed by atoms with van der Waals surface area (Å²) >= 11 is 0. The van der Waals surface area contributed by atoms with Crippen molar-refractivity contribution in [3.63, 3.8) is 0 Å². The Kier molecular flexibility index (Phi) is 4.93. The van der Waals surface area contributed by atoms with Gasteiger partial charge in [-0.3, -0.25) is 4.79 Å². The third-order valence-corrected chi connectivity index (χ3v) is 4.63. The third-order valence-electron chi connectivity index (χ3n) is 4.63. The number of hydrogen-bond donors (Lipinski definition) is 0. The molecule has 1 aromatic heterocycles. The minimum absolute atomic E-state index is 0.0984. The zero-order valence-electron chi connectivity index (χ0n) is 13.3. The van der Waals surface area contributed by atoms with Gasteiger partial charge in [-0.1, -0.05) is 0 Å². The van der Waals surface area contributed by atoms with E-state index in [2.05, 4.69) is 9.88 Å². The third kappa shape index (κ3) is 3.40. The molecule has 2 saturated heterocycles. The molecule has 22 heavy (non-hydrogen) atoms. The van der Waals surface area contributed by atoms with Crippen molar-refractivity contribution >= 4 is 11.7 Å². The van der Waals surface area contributed by atoms with Crippen LogP contribution in [0.2, 0.25) is 0 Å². The quantitative estimate of drug-likeness (QED) is 0.855. The summed E-state index contributed by atoms with van der Waals surface area (Å²) in [5.41, 5.74) is 0.695. The van der Waals surface area contributed by atoms with Crippen molar-refractivity contribution < 1.29 is 9.53 Å². The van der Waals surface area contributed by atoms with Gasteiger partial charge in [0.05, 0.1) is 12.2 Å². The predicted octanol–water partition coefficient (Wildman–Crippen LogP) is 2.18. The summed E-state index contributed by atoms with van der Waals surface area (Å²) in [7, 11) is 1.72. The predicted molar refractivity (Wildman–Crippen MR) is 86.2 cm³/mol. The van der Waals surface area contributed by atoms with E-state index in [4.69, 9.17) is 4.74 Å². The van der Waals surface area contributed by atoms with E-state index in [1.807, 2.05) is 17.0 Å². The topological polar surface area (TPSA) is 45.7 Å². The van der Waals surface area contributed by atoms with Gasteiger partial charge in [0, 0.05) is 39.5 Å². The number of methoxy groups -OCH3 is 1. The van der Waals surface area contributed by atoms with Gasteiger partial charge in [0.15, 0.2) is 0 Å². The van der Waals surface area contributed by atoms with Crippen molar-refractivity contribution in [1.82, 2.24) is 9.88 Å². The number of nitrogens with zero attached hydrogens (tertiary/aromatic N) is 3. The summed E-state index contributed by atoms with van der Waals surface area (Å²) in [6.45, 7) is 4.51. The van der Waals surface area contributed by atoms with Crippen LogP contribution in [0.15, 0.2) is 18.3 Å². The minimum Gasteiger partial charge on any atom is -0.384 e. The van der Waals surface area contributed by atoms with Crippen molar-refractivity contribution in [2.45, 2.75) is 25.7 Å². The molecule has 3 heterocycles. The number of carbonyl (C=O) groups is 1. The number of piperidine rings is 1. The highest BCUT2D eigenvalue weighted by Gasteiger charge is 2.24. The van der Waals surface area contributed by atoms with Gasteiger partial charge in [0.1, 0.15) is 5.82 Å². The zero-order valence-corrected chi connectivity index (χ0v) is 13.3.